The lowest BCUT2D eigenvalue weighted by Gasteiger charge is -2.10. The van der Waals surface area contributed by atoms with E-state index in [9.17, 15) is 0 Å². The van der Waals surface area contributed by atoms with E-state index in [1.54, 1.807) is 18.0 Å². The maximum atomic E-state index is 6.11. The first-order valence-electron chi connectivity index (χ1n) is 6.52. The highest BCUT2D eigenvalue weighted by atomic mass is 35.5. The van der Waals surface area contributed by atoms with E-state index < -0.39 is 0 Å². The van der Waals surface area contributed by atoms with Crippen molar-refractivity contribution in [2.75, 3.05) is 0 Å². The number of hydrogen-bond acceptors (Lipinski definition) is 3. The third-order valence-corrected chi connectivity index (χ3v) is 4.61. The van der Waals surface area contributed by atoms with Crippen molar-refractivity contribution in [1.82, 2.24) is 10.3 Å². The van der Waals surface area contributed by atoms with Crippen molar-refractivity contribution in [1.29, 1.82) is 0 Å². The standard InChI is InChI=1S/C15H14Cl2N2S/c16-11-2-1-10(8-18-13-4-5-13)14(7-11)20-15-6-3-12(17)9-19-15/h1-3,6-7,9,13,18H,4-5,8H2. The van der Waals surface area contributed by atoms with Crippen molar-refractivity contribution in [2.45, 2.75) is 35.3 Å². The van der Waals surface area contributed by atoms with Crippen LogP contribution in [-0.4, -0.2) is 11.0 Å². The lowest BCUT2D eigenvalue weighted by atomic mass is 10.2. The van der Waals surface area contributed by atoms with Gasteiger partial charge in [0.15, 0.2) is 0 Å². The molecule has 1 aliphatic rings. The summed E-state index contributed by atoms with van der Waals surface area (Å²) < 4.78 is 0. The van der Waals surface area contributed by atoms with Crippen LogP contribution < -0.4 is 5.32 Å². The van der Waals surface area contributed by atoms with Crippen molar-refractivity contribution in [2.24, 2.45) is 0 Å². The molecule has 1 N–H and O–H groups in total. The van der Waals surface area contributed by atoms with Gasteiger partial charge in [-0.1, -0.05) is 41.0 Å². The Labute approximate surface area is 132 Å². The van der Waals surface area contributed by atoms with Gasteiger partial charge in [0.2, 0.25) is 0 Å². The van der Waals surface area contributed by atoms with Gasteiger partial charge in [-0.3, -0.25) is 0 Å². The van der Waals surface area contributed by atoms with Crippen LogP contribution in [0.4, 0.5) is 0 Å². The zero-order chi connectivity index (χ0) is 13.9. The molecule has 1 saturated carbocycles. The Morgan fingerprint density at radius 1 is 1.15 bits per heavy atom. The number of rotatable bonds is 5. The van der Waals surface area contributed by atoms with Gasteiger partial charge >= 0.3 is 0 Å². The SMILES string of the molecule is Clc1ccc(Sc2cc(Cl)ccc2CNC2CC2)nc1. The largest absolute Gasteiger partial charge is 0.310 e. The van der Waals surface area contributed by atoms with Crippen LogP contribution in [0.2, 0.25) is 10.0 Å². The molecule has 104 valence electrons. The van der Waals surface area contributed by atoms with Gasteiger partial charge in [0, 0.05) is 28.7 Å². The van der Waals surface area contributed by atoms with Gasteiger partial charge in [-0.2, -0.15) is 0 Å². The summed E-state index contributed by atoms with van der Waals surface area (Å²) in [7, 11) is 0. The predicted molar refractivity (Wildman–Crippen MR) is 84.7 cm³/mol. The average molecular weight is 325 g/mol. The fourth-order valence-electron chi connectivity index (χ4n) is 1.85. The van der Waals surface area contributed by atoms with E-state index in [4.69, 9.17) is 23.2 Å². The van der Waals surface area contributed by atoms with Gasteiger partial charge in [-0.25, -0.2) is 4.98 Å². The van der Waals surface area contributed by atoms with Gasteiger partial charge in [0.1, 0.15) is 5.03 Å². The molecule has 0 aliphatic heterocycles. The highest BCUT2D eigenvalue weighted by molar-refractivity contribution is 7.99. The molecular formula is C15H14Cl2N2S. The number of nitrogens with one attached hydrogen (secondary N) is 1. The van der Waals surface area contributed by atoms with E-state index in [0.29, 0.717) is 11.1 Å². The van der Waals surface area contributed by atoms with Crippen LogP contribution in [0.25, 0.3) is 0 Å². The number of pyridine rings is 1. The van der Waals surface area contributed by atoms with E-state index in [2.05, 4.69) is 16.4 Å². The zero-order valence-corrected chi connectivity index (χ0v) is 13.1. The Bertz CT molecular complexity index is 597. The molecule has 20 heavy (non-hydrogen) atoms. The summed E-state index contributed by atoms with van der Waals surface area (Å²) in [5, 5.41) is 5.85. The second-order valence-corrected chi connectivity index (χ2v) is 6.76. The van der Waals surface area contributed by atoms with Crippen molar-refractivity contribution >= 4 is 35.0 Å². The normalized spacial score (nSPS) is 14.5. The monoisotopic (exact) mass is 324 g/mol. The molecule has 1 fully saturated rings. The van der Waals surface area contributed by atoms with Gasteiger partial charge < -0.3 is 5.32 Å². The molecule has 0 atom stereocenters. The first-order chi connectivity index (χ1) is 9.70. The maximum Gasteiger partial charge on any atom is 0.101 e. The van der Waals surface area contributed by atoms with Gasteiger partial charge in [-0.15, -0.1) is 0 Å². The summed E-state index contributed by atoms with van der Waals surface area (Å²) in [6.07, 6.45) is 4.24. The minimum atomic E-state index is 0.649. The van der Waals surface area contributed by atoms with Crippen LogP contribution in [0.3, 0.4) is 0 Å². The van der Waals surface area contributed by atoms with Crippen LogP contribution in [0.5, 0.6) is 0 Å². The van der Waals surface area contributed by atoms with Gasteiger partial charge in [0.25, 0.3) is 0 Å². The van der Waals surface area contributed by atoms with Crippen molar-refractivity contribution in [3.8, 4) is 0 Å². The summed E-state index contributed by atoms with van der Waals surface area (Å²) in [5.41, 5.74) is 1.25. The molecule has 1 aromatic heterocycles. The molecule has 0 spiro atoms. The van der Waals surface area contributed by atoms with Crippen molar-refractivity contribution < 1.29 is 0 Å². The summed E-state index contributed by atoms with van der Waals surface area (Å²) >= 11 is 13.6. The Morgan fingerprint density at radius 3 is 2.65 bits per heavy atom. The van der Waals surface area contributed by atoms with E-state index in [1.807, 2.05) is 24.3 Å². The van der Waals surface area contributed by atoms with Gasteiger partial charge in [-0.05, 0) is 42.7 Å². The lowest BCUT2D eigenvalue weighted by Crippen LogP contribution is -2.15. The van der Waals surface area contributed by atoms with Crippen molar-refractivity contribution in [3.05, 3.63) is 52.1 Å². The molecule has 0 amide bonds. The number of nitrogens with zero attached hydrogens (tertiary/aromatic N) is 1. The van der Waals surface area contributed by atoms with Crippen LogP contribution in [0, 0.1) is 0 Å². The average Bonchev–Trinajstić information content (AvgIpc) is 3.25. The van der Waals surface area contributed by atoms with E-state index in [-0.39, 0.29) is 0 Å². The number of hydrogen-bond donors (Lipinski definition) is 1. The molecule has 1 heterocycles. The van der Waals surface area contributed by atoms with E-state index in [0.717, 1.165) is 21.5 Å². The minimum absolute atomic E-state index is 0.649. The Hall–Kier alpha value is -0.740. The second kappa shape index (κ2) is 6.35. The summed E-state index contributed by atoms with van der Waals surface area (Å²) in [6, 6.07) is 10.5. The molecule has 0 radical (unpaired) electrons. The Balaban J connectivity index is 1.78. The Kier molecular flexibility index (Phi) is 4.51. The first kappa shape index (κ1) is 14.2. The molecule has 5 heteroatoms. The first-order valence-corrected chi connectivity index (χ1v) is 8.09. The van der Waals surface area contributed by atoms with Crippen LogP contribution >= 0.6 is 35.0 Å². The van der Waals surface area contributed by atoms with Crippen LogP contribution in [-0.2, 0) is 6.54 Å². The Morgan fingerprint density at radius 2 is 1.95 bits per heavy atom. The molecule has 0 bridgehead atoms. The summed E-state index contributed by atoms with van der Waals surface area (Å²) in [6.45, 7) is 0.873. The lowest BCUT2D eigenvalue weighted by molar-refractivity contribution is 0.680. The second-order valence-electron chi connectivity index (χ2n) is 4.82. The molecule has 0 saturated heterocycles. The smallest absolute Gasteiger partial charge is 0.101 e. The fraction of sp³-hybridized carbons (Fsp3) is 0.267. The van der Waals surface area contributed by atoms with E-state index in [1.165, 1.54) is 18.4 Å². The quantitative estimate of drug-likeness (QED) is 0.855. The fourth-order valence-corrected chi connectivity index (χ4v) is 3.12. The molecule has 3 rings (SSSR count). The van der Waals surface area contributed by atoms with Crippen molar-refractivity contribution in [3.63, 3.8) is 0 Å². The molecular weight excluding hydrogens is 311 g/mol. The molecule has 2 nitrogen and oxygen atoms in total. The molecule has 1 aromatic carbocycles. The molecule has 2 aromatic rings. The topological polar surface area (TPSA) is 24.9 Å². The summed E-state index contributed by atoms with van der Waals surface area (Å²) in [5.74, 6) is 0. The van der Waals surface area contributed by atoms with Crippen LogP contribution in [0.1, 0.15) is 18.4 Å². The molecule has 1 aliphatic carbocycles. The van der Waals surface area contributed by atoms with Crippen LogP contribution in [0.15, 0.2) is 46.5 Å². The highest BCUT2D eigenvalue weighted by Gasteiger charge is 2.20. The molecule has 0 unspecified atom stereocenters. The predicted octanol–water partition coefficient (Wildman–Crippen LogP) is 4.79. The third kappa shape index (κ3) is 3.89. The minimum Gasteiger partial charge on any atom is -0.310 e. The third-order valence-electron chi connectivity index (χ3n) is 3.10. The number of aromatic nitrogens is 1. The number of halogens is 2. The number of benzene rings is 1. The van der Waals surface area contributed by atoms with Gasteiger partial charge in [0.05, 0.1) is 5.02 Å². The summed E-state index contributed by atoms with van der Waals surface area (Å²) in [4.78, 5) is 5.46. The zero-order valence-electron chi connectivity index (χ0n) is 10.8. The maximum absolute atomic E-state index is 6.11. The van der Waals surface area contributed by atoms with E-state index >= 15 is 0 Å². The highest BCUT2D eigenvalue weighted by Crippen LogP contribution is 2.32.